The van der Waals surface area contributed by atoms with Crippen LogP contribution in [0.25, 0.3) is 0 Å². The summed E-state index contributed by atoms with van der Waals surface area (Å²) in [5.41, 5.74) is 1.88. The monoisotopic (exact) mass is 194 g/mol. The number of hydrogen-bond acceptors (Lipinski definition) is 3. The first-order valence-corrected chi connectivity index (χ1v) is 4.66. The lowest BCUT2D eigenvalue weighted by atomic mass is 10.1. The van der Waals surface area contributed by atoms with Crippen LogP contribution < -0.4 is 4.74 Å². The van der Waals surface area contributed by atoms with Gasteiger partial charge in [-0.25, -0.2) is 0 Å². The summed E-state index contributed by atoms with van der Waals surface area (Å²) in [4.78, 5) is 0. The van der Waals surface area contributed by atoms with Crippen LogP contribution in [-0.2, 0) is 18.0 Å². The summed E-state index contributed by atoms with van der Waals surface area (Å²) < 4.78 is 11.1. The van der Waals surface area contributed by atoms with E-state index in [4.69, 9.17) is 14.6 Å². The molecule has 3 nitrogen and oxygen atoms in total. The highest BCUT2D eigenvalue weighted by Gasteiger charge is 2.26. The molecule has 1 aliphatic rings. The molecule has 1 aliphatic heterocycles. The van der Waals surface area contributed by atoms with Gasteiger partial charge < -0.3 is 14.6 Å². The van der Waals surface area contributed by atoms with Gasteiger partial charge in [-0.15, -0.1) is 0 Å². The highest BCUT2D eigenvalue weighted by molar-refractivity contribution is 5.37. The van der Waals surface area contributed by atoms with Crippen molar-refractivity contribution in [1.29, 1.82) is 0 Å². The summed E-state index contributed by atoms with van der Waals surface area (Å²) >= 11 is 0. The van der Waals surface area contributed by atoms with Gasteiger partial charge in [-0.05, 0) is 17.7 Å². The quantitative estimate of drug-likeness (QED) is 0.741. The first-order valence-electron chi connectivity index (χ1n) is 4.66. The second-order valence-electron chi connectivity index (χ2n) is 3.89. The SMILES string of the molecule is CC1(C)OCc2cc(CO)ccc2O1. The molecule has 0 aromatic heterocycles. The molecular formula is C11H14O3. The molecule has 0 fully saturated rings. The molecule has 0 saturated carbocycles. The molecule has 1 aromatic rings. The van der Waals surface area contributed by atoms with Crippen molar-refractivity contribution in [3.63, 3.8) is 0 Å². The van der Waals surface area contributed by atoms with Gasteiger partial charge in [0, 0.05) is 19.4 Å². The van der Waals surface area contributed by atoms with Crippen molar-refractivity contribution in [3.8, 4) is 5.75 Å². The van der Waals surface area contributed by atoms with Gasteiger partial charge in [-0.3, -0.25) is 0 Å². The number of aliphatic hydroxyl groups excluding tert-OH is 1. The maximum absolute atomic E-state index is 8.96. The van der Waals surface area contributed by atoms with Crippen molar-refractivity contribution in [3.05, 3.63) is 29.3 Å². The highest BCUT2D eigenvalue weighted by atomic mass is 16.7. The Morgan fingerprint density at radius 2 is 2.21 bits per heavy atom. The van der Waals surface area contributed by atoms with Crippen LogP contribution in [0.3, 0.4) is 0 Å². The molecule has 1 heterocycles. The van der Waals surface area contributed by atoms with E-state index in [1.807, 2.05) is 32.0 Å². The van der Waals surface area contributed by atoms with Gasteiger partial charge in [-0.1, -0.05) is 6.07 Å². The molecule has 0 atom stereocenters. The van der Waals surface area contributed by atoms with Crippen LogP contribution in [0.5, 0.6) is 5.75 Å². The summed E-state index contributed by atoms with van der Waals surface area (Å²) in [6.07, 6.45) is 0. The van der Waals surface area contributed by atoms with E-state index >= 15 is 0 Å². The van der Waals surface area contributed by atoms with E-state index < -0.39 is 5.79 Å². The summed E-state index contributed by atoms with van der Waals surface area (Å²) in [7, 11) is 0. The van der Waals surface area contributed by atoms with Gasteiger partial charge >= 0.3 is 0 Å². The zero-order valence-corrected chi connectivity index (χ0v) is 8.41. The molecule has 14 heavy (non-hydrogen) atoms. The molecule has 2 rings (SSSR count). The van der Waals surface area contributed by atoms with E-state index in [2.05, 4.69) is 0 Å². The predicted molar refractivity (Wildman–Crippen MR) is 51.9 cm³/mol. The minimum Gasteiger partial charge on any atom is -0.463 e. The third-order valence-electron chi connectivity index (χ3n) is 2.24. The average molecular weight is 194 g/mol. The van der Waals surface area contributed by atoms with Crippen molar-refractivity contribution in [1.82, 2.24) is 0 Å². The average Bonchev–Trinajstić information content (AvgIpc) is 2.16. The molecule has 0 radical (unpaired) electrons. The Balaban J connectivity index is 2.32. The Morgan fingerprint density at radius 1 is 1.43 bits per heavy atom. The molecule has 0 saturated heterocycles. The Kier molecular flexibility index (Phi) is 2.21. The van der Waals surface area contributed by atoms with E-state index in [0.29, 0.717) is 6.61 Å². The van der Waals surface area contributed by atoms with Crippen molar-refractivity contribution in [2.75, 3.05) is 0 Å². The minimum atomic E-state index is -0.548. The maximum Gasteiger partial charge on any atom is 0.205 e. The van der Waals surface area contributed by atoms with Crippen LogP contribution in [0.4, 0.5) is 0 Å². The number of rotatable bonds is 1. The van der Waals surface area contributed by atoms with E-state index in [1.165, 1.54) is 0 Å². The fraction of sp³-hybridized carbons (Fsp3) is 0.455. The maximum atomic E-state index is 8.96. The van der Waals surface area contributed by atoms with E-state index in [1.54, 1.807) is 0 Å². The Hall–Kier alpha value is -1.06. The van der Waals surface area contributed by atoms with Crippen LogP contribution in [0, 0.1) is 0 Å². The van der Waals surface area contributed by atoms with E-state index in [0.717, 1.165) is 16.9 Å². The molecule has 0 unspecified atom stereocenters. The highest BCUT2D eigenvalue weighted by Crippen LogP contribution is 2.31. The Morgan fingerprint density at radius 3 is 2.93 bits per heavy atom. The molecule has 3 heteroatoms. The topological polar surface area (TPSA) is 38.7 Å². The first kappa shape index (κ1) is 9.49. The zero-order chi connectivity index (χ0) is 10.2. The predicted octanol–water partition coefficient (Wildman–Crippen LogP) is 1.82. The molecule has 0 amide bonds. The number of fused-ring (bicyclic) bond motifs is 1. The standard InChI is InChI=1S/C11H14O3/c1-11(2)13-7-9-5-8(6-12)3-4-10(9)14-11/h3-5,12H,6-7H2,1-2H3. The van der Waals surface area contributed by atoms with E-state index in [-0.39, 0.29) is 6.61 Å². The second kappa shape index (κ2) is 3.26. The molecule has 76 valence electrons. The van der Waals surface area contributed by atoms with Crippen LogP contribution in [0.1, 0.15) is 25.0 Å². The number of ether oxygens (including phenoxy) is 2. The van der Waals surface area contributed by atoms with Crippen molar-refractivity contribution in [2.45, 2.75) is 32.8 Å². The molecule has 0 spiro atoms. The third-order valence-corrected chi connectivity index (χ3v) is 2.24. The fourth-order valence-corrected chi connectivity index (χ4v) is 1.49. The summed E-state index contributed by atoms with van der Waals surface area (Å²) in [6, 6.07) is 5.65. The van der Waals surface area contributed by atoms with Crippen molar-refractivity contribution >= 4 is 0 Å². The molecule has 0 aliphatic carbocycles. The van der Waals surface area contributed by atoms with Crippen LogP contribution in [0.15, 0.2) is 18.2 Å². The van der Waals surface area contributed by atoms with Crippen LogP contribution >= 0.6 is 0 Å². The van der Waals surface area contributed by atoms with Gasteiger partial charge in [0.15, 0.2) is 0 Å². The van der Waals surface area contributed by atoms with Crippen LogP contribution in [-0.4, -0.2) is 10.9 Å². The molecular weight excluding hydrogens is 180 g/mol. The summed E-state index contributed by atoms with van der Waals surface area (Å²) in [5.74, 6) is 0.298. The number of aliphatic hydroxyl groups is 1. The Labute approximate surface area is 83.3 Å². The van der Waals surface area contributed by atoms with Crippen molar-refractivity contribution < 1.29 is 14.6 Å². The zero-order valence-electron chi connectivity index (χ0n) is 8.41. The second-order valence-corrected chi connectivity index (χ2v) is 3.89. The molecule has 1 aromatic carbocycles. The lowest BCUT2D eigenvalue weighted by molar-refractivity contribution is -0.180. The molecule has 1 N–H and O–H groups in total. The normalized spacial score (nSPS) is 18.5. The van der Waals surface area contributed by atoms with Crippen LogP contribution in [0.2, 0.25) is 0 Å². The van der Waals surface area contributed by atoms with Gasteiger partial charge in [0.2, 0.25) is 5.79 Å². The van der Waals surface area contributed by atoms with Gasteiger partial charge in [0.25, 0.3) is 0 Å². The lowest BCUT2D eigenvalue weighted by Gasteiger charge is -2.32. The lowest BCUT2D eigenvalue weighted by Crippen LogP contribution is -2.35. The smallest absolute Gasteiger partial charge is 0.205 e. The van der Waals surface area contributed by atoms with Gasteiger partial charge in [0.05, 0.1) is 13.2 Å². The Bertz CT molecular complexity index is 344. The number of benzene rings is 1. The minimum absolute atomic E-state index is 0.0523. The van der Waals surface area contributed by atoms with Gasteiger partial charge in [-0.2, -0.15) is 0 Å². The largest absolute Gasteiger partial charge is 0.463 e. The summed E-state index contributed by atoms with van der Waals surface area (Å²) in [6.45, 7) is 4.36. The van der Waals surface area contributed by atoms with E-state index in [9.17, 15) is 0 Å². The van der Waals surface area contributed by atoms with Gasteiger partial charge in [0.1, 0.15) is 5.75 Å². The molecule has 0 bridgehead atoms. The fourth-order valence-electron chi connectivity index (χ4n) is 1.49. The number of hydrogen-bond donors (Lipinski definition) is 1. The summed E-state index contributed by atoms with van der Waals surface area (Å²) in [5, 5.41) is 8.96. The van der Waals surface area contributed by atoms with Crippen molar-refractivity contribution in [2.24, 2.45) is 0 Å². The first-order chi connectivity index (χ1) is 6.61. The third kappa shape index (κ3) is 1.74.